The van der Waals surface area contributed by atoms with Gasteiger partial charge in [-0.15, -0.1) is 0 Å². The quantitative estimate of drug-likeness (QED) is 0.425. The molecule has 0 aromatic heterocycles. The van der Waals surface area contributed by atoms with Gasteiger partial charge in [-0.3, -0.25) is 14.5 Å². The molecule has 30 heavy (non-hydrogen) atoms. The molecule has 0 fully saturated rings. The lowest BCUT2D eigenvalue weighted by Gasteiger charge is -2.17. The molecule has 0 saturated carbocycles. The predicted molar refractivity (Wildman–Crippen MR) is 119 cm³/mol. The number of amidine groups is 1. The van der Waals surface area contributed by atoms with Crippen LogP contribution < -0.4 is 4.90 Å². The minimum atomic E-state index is -0.393. The van der Waals surface area contributed by atoms with Crippen LogP contribution in [0.2, 0.25) is 0 Å². The van der Waals surface area contributed by atoms with Crippen LogP contribution >= 0.6 is 11.8 Å². The lowest BCUT2D eigenvalue weighted by Crippen LogP contribution is -2.30. The molecule has 4 nitrogen and oxygen atoms in total. The van der Waals surface area contributed by atoms with Gasteiger partial charge in [-0.25, -0.2) is 9.38 Å². The highest BCUT2D eigenvalue weighted by Gasteiger charge is 2.32. The normalized spacial score (nSPS) is 14.8. The van der Waals surface area contributed by atoms with Crippen LogP contribution in [0.1, 0.15) is 15.9 Å². The van der Waals surface area contributed by atoms with E-state index < -0.39 is 5.82 Å². The number of Topliss-reactive ketones (excluding diaryl/α,β-unsaturated/α-hetero) is 1. The van der Waals surface area contributed by atoms with Gasteiger partial charge in [0.05, 0.1) is 11.4 Å². The Bertz CT molecular complexity index is 1130. The van der Waals surface area contributed by atoms with Crippen molar-refractivity contribution >= 4 is 40.4 Å². The maximum absolute atomic E-state index is 13.4. The molecule has 1 amide bonds. The van der Waals surface area contributed by atoms with Crippen molar-refractivity contribution in [3.63, 3.8) is 0 Å². The van der Waals surface area contributed by atoms with Crippen molar-refractivity contribution in [2.24, 2.45) is 4.99 Å². The van der Waals surface area contributed by atoms with E-state index in [1.807, 2.05) is 36.4 Å². The second kappa shape index (κ2) is 8.88. The van der Waals surface area contributed by atoms with Gasteiger partial charge in [0, 0.05) is 5.56 Å². The van der Waals surface area contributed by atoms with Crippen molar-refractivity contribution in [3.8, 4) is 0 Å². The highest BCUT2D eigenvalue weighted by Crippen LogP contribution is 2.30. The molecule has 6 heteroatoms. The number of ketones is 1. The van der Waals surface area contributed by atoms with Gasteiger partial charge in [-0.2, -0.15) is 0 Å². The predicted octanol–water partition coefficient (Wildman–Crippen LogP) is 5.19. The molecule has 1 aliphatic rings. The summed E-state index contributed by atoms with van der Waals surface area (Å²) < 4.78 is 13.4. The summed E-state index contributed by atoms with van der Waals surface area (Å²) in [5, 5.41) is 0.387. The standard InChI is InChI=1S/C24H17FN2O2S/c25-19-11-13-20(14-12-19)27-23(29)21(15-17-7-3-1-4-8-17)26-24(27)30-16-22(28)18-9-5-2-6-10-18/h1-15H,16H2/b21-15+. The van der Waals surface area contributed by atoms with E-state index in [4.69, 9.17) is 0 Å². The average Bonchev–Trinajstić information content (AvgIpc) is 3.09. The second-order valence-electron chi connectivity index (χ2n) is 6.53. The molecule has 0 N–H and O–H groups in total. The van der Waals surface area contributed by atoms with Gasteiger partial charge in [0.15, 0.2) is 11.0 Å². The van der Waals surface area contributed by atoms with Crippen LogP contribution in [-0.2, 0) is 4.79 Å². The highest BCUT2D eigenvalue weighted by atomic mass is 32.2. The number of nitrogens with zero attached hydrogens (tertiary/aromatic N) is 2. The van der Waals surface area contributed by atoms with Crippen LogP contribution in [0, 0.1) is 5.82 Å². The summed E-state index contributed by atoms with van der Waals surface area (Å²) in [7, 11) is 0. The summed E-state index contributed by atoms with van der Waals surface area (Å²) in [5.74, 6) is -0.641. The van der Waals surface area contributed by atoms with E-state index in [1.165, 1.54) is 40.9 Å². The number of carbonyl (C=O) groups excluding carboxylic acids is 2. The number of amides is 1. The van der Waals surface area contributed by atoms with Crippen LogP contribution in [0.15, 0.2) is 95.6 Å². The fraction of sp³-hybridized carbons (Fsp3) is 0.0417. The lowest BCUT2D eigenvalue weighted by atomic mass is 10.2. The van der Waals surface area contributed by atoms with Gasteiger partial charge in [0.2, 0.25) is 0 Å². The van der Waals surface area contributed by atoms with Crippen LogP contribution in [0.5, 0.6) is 0 Å². The first-order valence-corrected chi connectivity index (χ1v) is 10.3. The summed E-state index contributed by atoms with van der Waals surface area (Å²) in [6.07, 6.45) is 1.70. The van der Waals surface area contributed by atoms with Crippen molar-refractivity contribution in [1.29, 1.82) is 0 Å². The number of hydrogen-bond acceptors (Lipinski definition) is 4. The van der Waals surface area contributed by atoms with Crippen molar-refractivity contribution in [2.75, 3.05) is 10.7 Å². The average molecular weight is 416 g/mol. The molecule has 0 atom stereocenters. The van der Waals surface area contributed by atoms with Gasteiger partial charge in [0.1, 0.15) is 11.5 Å². The molecule has 0 bridgehead atoms. The molecule has 3 aromatic carbocycles. The summed E-state index contributed by atoms with van der Waals surface area (Å²) in [6, 6.07) is 24.0. The smallest absolute Gasteiger partial charge is 0.283 e. The molecule has 0 radical (unpaired) electrons. The Kier molecular flexibility index (Phi) is 5.86. The Morgan fingerprint density at radius 1 is 0.933 bits per heavy atom. The molecule has 3 aromatic rings. The minimum Gasteiger partial charge on any atom is -0.293 e. The Morgan fingerprint density at radius 2 is 1.57 bits per heavy atom. The Morgan fingerprint density at radius 3 is 2.23 bits per heavy atom. The molecule has 0 unspecified atom stereocenters. The molecule has 148 valence electrons. The van der Waals surface area contributed by atoms with E-state index in [9.17, 15) is 14.0 Å². The Labute approximate surface area is 177 Å². The zero-order chi connectivity index (χ0) is 20.9. The molecule has 4 rings (SSSR count). The topological polar surface area (TPSA) is 49.7 Å². The van der Waals surface area contributed by atoms with Crippen LogP contribution in [-0.4, -0.2) is 22.6 Å². The number of benzene rings is 3. The third-order valence-electron chi connectivity index (χ3n) is 4.45. The maximum Gasteiger partial charge on any atom is 0.283 e. The first kappa shape index (κ1) is 19.8. The van der Waals surface area contributed by atoms with E-state index in [2.05, 4.69) is 4.99 Å². The van der Waals surface area contributed by atoms with Crippen molar-refractivity contribution < 1.29 is 14.0 Å². The highest BCUT2D eigenvalue weighted by molar-refractivity contribution is 8.14. The van der Waals surface area contributed by atoms with Gasteiger partial charge in [-0.05, 0) is 35.9 Å². The van der Waals surface area contributed by atoms with E-state index in [1.54, 1.807) is 30.3 Å². The van der Waals surface area contributed by atoms with Gasteiger partial charge >= 0.3 is 0 Å². The summed E-state index contributed by atoms with van der Waals surface area (Å²) >= 11 is 1.18. The van der Waals surface area contributed by atoms with Crippen LogP contribution in [0.3, 0.4) is 0 Å². The number of anilines is 1. The SMILES string of the molecule is O=C(CSC1=N/C(=C/c2ccccc2)C(=O)N1c1ccc(F)cc1)c1ccccc1. The molecule has 0 aliphatic carbocycles. The Balaban J connectivity index is 1.63. The molecular weight excluding hydrogens is 399 g/mol. The third kappa shape index (κ3) is 4.39. The zero-order valence-corrected chi connectivity index (χ0v) is 16.7. The monoisotopic (exact) mass is 416 g/mol. The molecular formula is C24H17FN2O2S. The first-order chi connectivity index (χ1) is 14.6. The Hall–Kier alpha value is -3.51. The molecule has 0 saturated heterocycles. The summed E-state index contributed by atoms with van der Waals surface area (Å²) in [4.78, 5) is 31.5. The van der Waals surface area contributed by atoms with E-state index in [-0.39, 0.29) is 23.1 Å². The van der Waals surface area contributed by atoms with Gasteiger partial charge in [-0.1, -0.05) is 72.4 Å². The number of carbonyl (C=O) groups is 2. The molecule has 1 heterocycles. The van der Waals surface area contributed by atoms with Crippen molar-refractivity contribution in [2.45, 2.75) is 0 Å². The van der Waals surface area contributed by atoms with Crippen LogP contribution in [0.25, 0.3) is 6.08 Å². The molecule has 1 aliphatic heterocycles. The third-order valence-corrected chi connectivity index (χ3v) is 5.38. The number of thioether (sulfide) groups is 1. The largest absolute Gasteiger partial charge is 0.293 e. The first-order valence-electron chi connectivity index (χ1n) is 9.28. The van der Waals surface area contributed by atoms with E-state index in [0.717, 1.165) is 5.56 Å². The fourth-order valence-electron chi connectivity index (χ4n) is 2.96. The van der Waals surface area contributed by atoms with E-state index in [0.29, 0.717) is 16.4 Å². The second-order valence-corrected chi connectivity index (χ2v) is 7.47. The maximum atomic E-state index is 13.4. The zero-order valence-electron chi connectivity index (χ0n) is 15.9. The van der Waals surface area contributed by atoms with Gasteiger partial charge < -0.3 is 0 Å². The van der Waals surface area contributed by atoms with Crippen molar-refractivity contribution in [3.05, 3.63) is 108 Å². The van der Waals surface area contributed by atoms with Crippen molar-refractivity contribution in [1.82, 2.24) is 0 Å². The molecule has 0 spiro atoms. The summed E-state index contributed by atoms with van der Waals surface area (Å²) in [6.45, 7) is 0. The number of rotatable bonds is 5. The summed E-state index contributed by atoms with van der Waals surface area (Å²) in [5.41, 5.74) is 2.20. The number of aliphatic imine (C=N–C) groups is 1. The van der Waals surface area contributed by atoms with Crippen LogP contribution in [0.4, 0.5) is 10.1 Å². The van der Waals surface area contributed by atoms with E-state index >= 15 is 0 Å². The minimum absolute atomic E-state index is 0.0599. The van der Waals surface area contributed by atoms with Gasteiger partial charge in [0.25, 0.3) is 5.91 Å². The lowest BCUT2D eigenvalue weighted by molar-refractivity contribution is -0.113. The number of halogens is 1. The number of hydrogen-bond donors (Lipinski definition) is 0. The fourth-order valence-corrected chi connectivity index (χ4v) is 3.86.